The summed E-state index contributed by atoms with van der Waals surface area (Å²) in [6.45, 7) is 5.62. The molecule has 2 nitrogen and oxygen atoms in total. The van der Waals surface area contributed by atoms with Crippen molar-refractivity contribution in [1.82, 2.24) is 0 Å². The van der Waals surface area contributed by atoms with Gasteiger partial charge in [-0.15, -0.1) is 0 Å². The highest BCUT2D eigenvalue weighted by Crippen LogP contribution is 2.39. The number of benzene rings is 2. The summed E-state index contributed by atoms with van der Waals surface area (Å²) in [7, 11) is 0. The third kappa shape index (κ3) is 5.56. The average molecular weight is 414 g/mol. The Morgan fingerprint density at radius 2 is 1.71 bits per heavy atom. The maximum absolute atomic E-state index is 6.46. The first-order valence-electron chi connectivity index (χ1n) is 8.66. The molecule has 0 unspecified atom stereocenters. The Labute approximate surface area is 158 Å². The maximum Gasteiger partial charge on any atom is 0.145 e. The van der Waals surface area contributed by atoms with Crippen molar-refractivity contribution in [2.45, 2.75) is 39.5 Å². The smallest absolute Gasteiger partial charge is 0.145 e. The molecule has 0 amide bonds. The lowest BCUT2D eigenvalue weighted by molar-refractivity contribution is 0.273. The van der Waals surface area contributed by atoms with Crippen molar-refractivity contribution in [2.75, 3.05) is 18.5 Å². The third-order valence-electron chi connectivity index (χ3n) is 3.76. The van der Waals surface area contributed by atoms with Crippen LogP contribution < -0.4 is 9.47 Å². The summed E-state index contributed by atoms with van der Waals surface area (Å²) in [6.07, 6.45) is 4.70. The van der Waals surface area contributed by atoms with Gasteiger partial charge in [0.05, 0.1) is 18.2 Å². The van der Waals surface area contributed by atoms with Crippen LogP contribution in [0.3, 0.4) is 0 Å². The summed E-state index contributed by atoms with van der Waals surface area (Å²) in [5, 5.41) is 3.76. The zero-order valence-electron chi connectivity index (χ0n) is 14.5. The predicted molar refractivity (Wildman–Crippen MR) is 107 cm³/mol. The quantitative estimate of drug-likeness (QED) is 0.313. The van der Waals surface area contributed by atoms with E-state index in [0.29, 0.717) is 17.5 Å². The molecule has 0 aromatic heterocycles. The second kappa shape index (κ2) is 10.1. The second-order valence-corrected chi connectivity index (χ2v) is 7.59. The lowest BCUT2D eigenvalue weighted by Crippen LogP contribution is -2.06. The van der Waals surface area contributed by atoms with E-state index in [1.54, 1.807) is 0 Å². The lowest BCUT2D eigenvalue weighted by Gasteiger charge is -2.16. The number of ether oxygens (including phenoxy) is 2. The number of hydrogen-bond acceptors (Lipinski definition) is 2. The first-order valence-corrected chi connectivity index (χ1v) is 10.2. The number of alkyl halides is 1. The number of rotatable bonds is 10. The van der Waals surface area contributed by atoms with Crippen molar-refractivity contribution >= 4 is 38.3 Å². The predicted octanol–water partition coefficient (Wildman–Crippen LogP) is 6.86. The molecule has 24 heavy (non-hydrogen) atoms. The van der Waals surface area contributed by atoms with Gasteiger partial charge in [-0.3, -0.25) is 0 Å². The molecule has 0 saturated carbocycles. The number of fused-ring (bicyclic) bond motifs is 1. The molecule has 0 heterocycles. The molecule has 0 aliphatic heterocycles. The van der Waals surface area contributed by atoms with E-state index in [1.165, 1.54) is 19.3 Å². The van der Waals surface area contributed by atoms with E-state index in [4.69, 9.17) is 21.1 Å². The highest BCUT2D eigenvalue weighted by atomic mass is 79.9. The van der Waals surface area contributed by atoms with Crippen LogP contribution in [0.4, 0.5) is 0 Å². The molecule has 2 aromatic carbocycles. The van der Waals surface area contributed by atoms with Crippen LogP contribution in [0.2, 0.25) is 5.02 Å². The fraction of sp³-hybridized carbons (Fsp3) is 0.500. The van der Waals surface area contributed by atoms with Gasteiger partial charge in [0, 0.05) is 22.2 Å². The van der Waals surface area contributed by atoms with Gasteiger partial charge in [-0.1, -0.05) is 78.5 Å². The Bertz CT molecular complexity index is 643. The van der Waals surface area contributed by atoms with E-state index < -0.39 is 0 Å². The minimum Gasteiger partial charge on any atom is -0.493 e. The van der Waals surface area contributed by atoms with Crippen molar-refractivity contribution in [3.63, 3.8) is 0 Å². The van der Waals surface area contributed by atoms with Gasteiger partial charge in [0.2, 0.25) is 0 Å². The molecule has 0 N–H and O–H groups in total. The van der Waals surface area contributed by atoms with E-state index in [9.17, 15) is 0 Å². The van der Waals surface area contributed by atoms with Gasteiger partial charge >= 0.3 is 0 Å². The highest BCUT2D eigenvalue weighted by molar-refractivity contribution is 9.09. The molecule has 0 aliphatic carbocycles. The fourth-order valence-corrected chi connectivity index (χ4v) is 3.18. The summed E-state index contributed by atoms with van der Waals surface area (Å²) < 4.78 is 12.0. The summed E-state index contributed by atoms with van der Waals surface area (Å²) in [6, 6.07) is 10.0. The number of unbranched alkanes of at least 4 members (excludes halogenated alkanes) is 3. The summed E-state index contributed by atoms with van der Waals surface area (Å²) >= 11 is 9.92. The Balaban J connectivity index is 2.12. The van der Waals surface area contributed by atoms with Crippen molar-refractivity contribution in [2.24, 2.45) is 5.92 Å². The SMILES string of the molecule is CC(C)COc1c(Cl)cc(OCCCCCCBr)c2ccccc12. The van der Waals surface area contributed by atoms with Crippen LogP contribution >= 0.6 is 27.5 Å². The first-order chi connectivity index (χ1) is 11.6. The minimum atomic E-state index is 0.454. The van der Waals surface area contributed by atoms with Crippen LogP contribution in [-0.2, 0) is 0 Å². The van der Waals surface area contributed by atoms with Gasteiger partial charge in [0.1, 0.15) is 11.5 Å². The van der Waals surface area contributed by atoms with Crippen LogP contribution in [0, 0.1) is 5.92 Å². The molecule has 0 atom stereocenters. The van der Waals surface area contributed by atoms with Crippen LogP contribution in [0.5, 0.6) is 11.5 Å². The number of hydrogen-bond donors (Lipinski definition) is 0. The van der Waals surface area contributed by atoms with Crippen LogP contribution in [0.25, 0.3) is 10.8 Å². The average Bonchev–Trinajstić information content (AvgIpc) is 2.57. The molecule has 0 spiro atoms. The van der Waals surface area contributed by atoms with Crippen LogP contribution in [-0.4, -0.2) is 18.5 Å². The van der Waals surface area contributed by atoms with E-state index in [2.05, 4.69) is 35.8 Å². The molecule has 0 radical (unpaired) electrons. The molecule has 2 aromatic rings. The molecule has 0 bridgehead atoms. The topological polar surface area (TPSA) is 18.5 Å². The molecule has 0 fully saturated rings. The minimum absolute atomic E-state index is 0.454. The maximum atomic E-state index is 6.46. The highest BCUT2D eigenvalue weighted by Gasteiger charge is 2.13. The van der Waals surface area contributed by atoms with Crippen LogP contribution in [0.1, 0.15) is 39.5 Å². The van der Waals surface area contributed by atoms with Gasteiger partial charge in [-0.2, -0.15) is 0 Å². The third-order valence-corrected chi connectivity index (χ3v) is 4.60. The van der Waals surface area contributed by atoms with Crippen molar-refractivity contribution in [1.29, 1.82) is 0 Å². The summed E-state index contributed by atoms with van der Waals surface area (Å²) in [4.78, 5) is 0. The van der Waals surface area contributed by atoms with Gasteiger partial charge in [-0.25, -0.2) is 0 Å². The van der Waals surface area contributed by atoms with E-state index in [1.807, 2.05) is 24.3 Å². The molecule has 2 rings (SSSR count). The first kappa shape index (κ1) is 19.4. The molecule has 4 heteroatoms. The summed E-state index contributed by atoms with van der Waals surface area (Å²) in [5.74, 6) is 2.05. The van der Waals surface area contributed by atoms with E-state index in [0.717, 1.165) is 40.6 Å². The lowest BCUT2D eigenvalue weighted by atomic mass is 10.1. The zero-order chi connectivity index (χ0) is 17.4. The Morgan fingerprint density at radius 3 is 2.42 bits per heavy atom. The van der Waals surface area contributed by atoms with Crippen molar-refractivity contribution < 1.29 is 9.47 Å². The largest absolute Gasteiger partial charge is 0.493 e. The van der Waals surface area contributed by atoms with Gasteiger partial charge in [0.15, 0.2) is 0 Å². The van der Waals surface area contributed by atoms with Crippen LogP contribution in [0.15, 0.2) is 30.3 Å². The Kier molecular flexibility index (Phi) is 8.20. The van der Waals surface area contributed by atoms with E-state index in [-0.39, 0.29) is 0 Å². The standard InChI is InChI=1S/C20H26BrClO2/c1-15(2)14-24-20-17-10-6-5-9-16(17)19(13-18(20)22)23-12-8-4-3-7-11-21/h5-6,9-10,13,15H,3-4,7-8,11-12,14H2,1-2H3. The van der Waals surface area contributed by atoms with Crippen molar-refractivity contribution in [3.05, 3.63) is 35.4 Å². The van der Waals surface area contributed by atoms with Gasteiger partial charge in [-0.05, 0) is 18.8 Å². The molecule has 0 aliphatic rings. The Hall–Kier alpha value is -0.930. The summed E-state index contributed by atoms with van der Waals surface area (Å²) in [5.41, 5.74) is 0. The van der Waals surface area contributed by atoms with Gasteiger partial charge in [0.25, 0.3) is 0 Å². The molecular weight excluding hydrogens is 388 g/mol. The normalized spacial score (nSPS) is 11.2. The van der Waals surface area contributed by atoms with Gasteiger partial charge < -0.3 is 9.47 Å². The molecule has 0 saturated heterocycles. The number of halogens is 2. The fourth-order valence-electron chi connectivity index (χ4n) is 2.53. The molecule has 132 valence electrons. The monoisotopic (exact) mass is 412 g/mol. The van der Waals surface area contributed by atoms with E-state index >= 15 is 0 Å². The zero-order valence-corrected chi connectivity index (χ0v) is 16.8. The molecular formula is C20H26BrClO2. The Morgan fingerprint density at radius 1 is 1.00 bits per heavy atom. The van der Waals surface area contributed by atoms with Crippen molar-refractivity contribution in [3.8, 4) is 11.5 Å². The second-order valence-electron chi connectivity index (χ2n) is 6.39.